The van der Waals surface area contributed by atoms with E-state index in [-0.39, 0.29) is 0 Å². The Hall–Kier alpha value is -2.35. The van der Waals surface area contributed by atoms with Crippen LogP contribution in [-0.4, -0.2) is 53.2 Å². The maximum Gasteiger partial charge on any atom is 0.320 e. The molecule has 0 fully saturated rings. The Labute approximate surface area is 201 Å². The number of rotatable bonds is 13. The summed E-state index contributed by atoms with van der Waals surface area (Å²) in [7, 11) is -1.89. The van der Waals surface area contributed by atoms with Crippen LogP contribution in [0, 0.1) is 0 Å². The molecule has 3 aromatic rings. The van der Waals surface area contributed by atoms with Crippen molar-refractivity contribution < 1.29 is 14.7 Å². The molecule has 0 unspecified atom stereocenters. The van der Waals surface area contributed by atoms with Crippen molar-refractivity contribution in [2.45, 2.75) is 50.7 Å². The van der Waals surface area contributed by atoms with E-state index in [9.17, 15) is 14.7 Å². The van der Waals surface area contributed by atoms with Crippen molar-refractivity contribution >= 4 is 43.3 Å². The number of carbonyl (C=O) groups is 2. The van der Waals surface area contributed by atoms with Gasteiger partial charge in [-0.3, -0.25) is 14.2 Å². The third kappa shape index (κ3) is 6.82. The number of unbranched alkanes of at least 4 members (excludes halogenated alkanes) is 1. The number of carbonyl (C=O) groups excluding carboxylic acids is 1. The second-order valence-corrected chi connectivity index (χ2v) is 15.4. The average molecular weight is 483 g/mol. The number of benzene rings is 2. The van der Waals surface area contributed by atoms with Crippen LogP contribution in [0.15, 0.2) is 60.8 Å². The largest absolute Gasteiger partial charge is 0.480 e. The quantitative estimate of drug-likeness (QED) is 0.197. The van der Waals surface area contributed by atoms with Crippen LogP contribution in [0.25, 0.3) is 10.9 Å². The standard InChI is InChI=1S/C26H34N2O3SSi/c1-33(2,3)28(15-9-10-16-32-19-21-11-5-4-6-12-21)25(26(30)31)17-22-18-27(20-29)24-14-8-7-13-23(22)24/h4-8,11-14,18,20,25H,9-10,15-17,19H2,1-3H3,(H,30,31)/t25-/m0/s1. The molecule has 1 aromatic heterocycles. The number of carboxylic acids is 1. The van der Waals surface area contributed by atoms with Gasteiger partial charge in [0.25, 0.3) is 0 Å². The number of fused-ring (bicyclic) bond motifs is 1. The molecule has 0 aliphatic carbocycles. The number of para-hydroxylation sites is 1. The highest BCUT2D eigenvalue weighted by Gasteiger charge is 2.35. The van der Waals surface area contributed by atoms with Crippen LogP contribution in [0.3, 0.4) is 0 Å². The van der Waals surface area contributed by atoms with Gasteiger partial charge < -0.3 is 9.67 Å². The van der Waals surface area contributed by atoms with Crippen LogP contribution in [0.1, 0.15) is 24.0 Å². The van der Waals surface area contributed by atoms with Crippen molar-refractivity contribution in [3.8, 4) is 0 Å². The van der Waals surface area contributed by atoms with Gasteiger partial charge in [-0.05, 0) is 42.3 Å². The Morgan fingerprint density at radius 1 is 1.09 bits per heavy atom. The SMILES string of the molecule is C[Si](C)(C)N(CCCCSCc1ccccc1)[C@@H](Cc1cn(C=O)c2ccccc12)C(=O)O. The minimum Gasteiger partial charge on any atom is -0.480 e. The maximum absolute atomic E-state index is 12.4. The molecular formula is C26H34N2O3SSi. The second kappa shape index (κ2) is 11.7. The van der Waals surface area contributed by atoms with Gasteiger partial charge in [-0.1, -0.05) is 68.2 Å². The minimum absolute atomic E-state index is 0.393. The molecule has 7 heteroatoms. The molecule has 2 aromatic carbocycles. The number of hydrogen-bond donors (Lipinski definition) is 1. The van der Waals surface area contributed by atoms with Gasteiger partial charge >= 0.3 is 5.97 Å². The maximum atomic E-state index is 12.4. The highest BCUT2D eigenvalue weighted by Crippen LogP contribution is 2.25. The topological polar surface area (TPSA) is 62.5 Å². The summed E-state index contributed by atoms with van der Waals surface area (Å²) in [6.45, 7) is 7.41. The van der Waals surface area contributed by atoms with Gasteiger partial charge in [-0.25, -0.2) is 0 Å². The smallest absolute Gasteiger partial charge is 0.320 e. The fourth-order valence-corrected chi connectivity index (χ4v) is 7.22. The molecule has 1 N–H and O–H groups in total. The van der Waals surface area contributed by atoms with Gasteiger partial charge in [-0.15, -0.1) is 0 Å². The zero-order valence-corrected chi connectivity index (χ0v) is 21.6. The van der Waals surface area contributed by atoms with E-state index in [1.54, 1.807) is 10.8 Å². The summed E-state index contributed by atoms with van der Waals surface area (Å²) >= 11 is 1.93. The summed E-state index contributed by atoms with van der Waals surface area (Å²) in [5.41, 5.74) is 3.07. The highest BCUT2D eigenvalue weighted by atomic mass is 32.2. The zero-order chi connectivity index (χ0) is 23.8. The van der Waals surface area contributed by atoms with Gasteiger partial charge in [0, 0.05) is 23.8 Å². The third-order valence-electron chi connectivity index (χ3n) is 5.92. The summed E-state index contributed by atoms with van der Waals surface area (Å²) in [6, 6.07) is 17.6. The summed E-state index contributed by atoms with van der Waals surface area (Å²) in [5, 5.41) is 11.1. The van der Waals surface area contributed by atoms with Crippen molar-refractivity contribution in [1.29, 1.82) is 0 Å². The predicted molar refractivity (Wildman–Crippen MR) is 141 cm³/mol. The van der Waals surface area contributed by atoms with Crippen LogP contribution in [0.2, 0.25) is 19.6 Å². The van der Waals surface area contributed by atoms with Gasteiger partial charge in [0.15, 0.2) is 0 Å². The summed E-state index contributed by atoms with van der Waals surface area (Å²) in [6.07, 6.45) is 5.01. The van der Waals surface area contributed by atoms with Crippen molar-refractivity contribution in [1.82, 2.24) is 9.13 Å². The molecule has 3 rings (SSSR count). The number of hydrogen-bond acceptors (Lipinski definition) is 4. The second-order valence-electron chi connectivity index (χ2n) is 9.35. The van der Waals surface area contributed by atoms with Crippen LogP contribution >= 0.6 is 11.8 Å². The van der Waals surface area contributed by atoms with E-state index >= 15 is 0 Å². The molecule has 0 radical (unpaired) electrons. The molecular weight excluding hydrogens is 448 g/mol. The minimum atomic E-state index is -1.89. The number of aliphatic carboxylic acids is 1. The average Bonchev–Trinajstić information content (AvgIpc) is 3.15. The lowest BCUT2D eigenvalue weighted by atomic mass is 10.0. The van der Waals surface area contributed by atoms with E-state index in [1.807, 2.05) is 42.1 Å². The molecule has 1 atom stereocenters. The van der Waals surface area contributed by atoms with E-state index < -0.39 is 20.2 Å². The van der Waals surface area contributed by atoms with Crippen molar-refractivity contribution in [3.63, 3.8) is 0 Å². The van der Waals surface area contributed by atoms with Crippen LogP contribution in [-0.2, 0) is 21.8 Å². The number of carboxylic acid groups (broad SMARTS) is 1. The molecule has 176 valence electrons. The molecule has 0 amide bonds. The normalized spacial score (nSPS) is 12.8. The Kier molecular flexibility index (Phi) is 8.94. The van der Waals surface area contributed by atoms with Gasteiger partial charge in [0.05, 0.1) is 5.52 Å². The number of aromatic nitrogens is 1. The van der Waals surface area contributed by atoms with Gasteiger partial charge in [-0.2, -0.15) is 11.8 Å². The van der Waals surface area contributed by atoms with Crippen LogP contribution < -0.4 is 0 Å². The summed E-state index contributed by atoms with van der Waals surface area (Å²) in [4.78, 5) is 23.9. The van der Waals surface area contributed by atoms with Crippen LogP contribution in [0.4, 0.5) is 0 Å². The predicted octanol–water partition coefficient (Wildman–Crippen LogP) is 5.53. The summed E-state index contributed by atoms with van der Waals surface area (Å²) in [5.74, 6) is 1.29. The Morgan fingerprint density at radius 2 is 1.79 bits per heavy atom. The van der Waals surface area contributed by atoms with Crippen molar-refractivity contribution in [2.75, 3.05) is 12.3 Å². The number of nitrogens with zero attached hydrogens (tertiary/aromatic N) is 2. The molecule has 0 aliphatic rings. The molecule has 1 heterocycles. The van der Waals surface area contributed by atoms with E-state index in [1.165, 1.54) is 5.56 Å². The fourth-order valence-electron chi connectivity index (χ4n) is 4.28. The van der Waals surface area contributed by atoms with E-state index in [0.29, 0.717) is 6.42 Å². The third-order valence-corrected chi connectivity index (χ3v) is 9.30. The molecule has 0 aliphatic heterocycles. The first-order valence-corrected chi connectivity index (χ1v) is 16.1. The van der Waals surface area contributed by atoms with E-state index in [2.05, 4.69) is 48.5 Å². The first-order valence-electron chi connectivity index (χ1n) is 11.5. The van der Waals surface area contributed by atoms with Crippen LogP contribution in [0.5, 0.6) is 0 Å². The van der Waals surface area contributed by atoms with Crippen molar-refractivity contribution in [2.24, 2.45) is 0 Å². The lowest BCUT2D eigenvalue weighted by molar-refractivity contribution is -0.141. The molecule has 5 nitrogen and oxygen atoms in total. The highest BCUT2D eigenvalue weighted by molar-refractivity contribution is 7.98. The Bertz CT molecular complexity index is 1060. The Morgan fingerprint density at radius 3 is 2.45 bits per heavy atom. The fraction of sp³-hybridized carbons (Fsp3) is 0.385. The first kappa shape index (κ1) is 25.3. The zero-order valence-electron chi connectivity index (χ0n) is 19.7. The van der Waals surface area contributed by atoms with Crippen molar-refractivity contribution in [3.05, 3.63) is 71.9 Å². The van der Waals surface area contributed by atoms with Gasteiger partial charge in [0.1, 0.15) is 14.3 Å². The monoisotopic (exact) mass is 482 g/mol. The van der Waals surface area contributed by atoms with Gasteiger partial charge in [0.2, 0.25) is 6.41 Å². The van der Waals surface area contributed by atoms with E-state index in [0.717, 1.165) is 53.8 Å². The molecule has 33 heavy (non-hydrogen) atoms. The summed E-state index contributed by atoms with van der Waals surface area (Å²) < 4.78 is 3.79. The Balaban J connectivity index is 1.65. The molecule has 0 saturated carbocycles. The lowest BCUT2D eigenvalue weighted by Gasteiger charge is -2.38. The molecule has 0 saturated heterocycles. The van der Waals surface area contributed by atoms with E-state index in [4.69, 9.17) is 0 Å². The number of thioether (sulfide) groups is 1. The first-order chi connectivity index (χ1) is 15.8. The lowest BCUT2D eigenvalue weighted by Crippen LogP contribution is -2.56. The molecule has 0 bridgehead atoms. The molecule has 0 spiro atoms.